The summed E-state index contributed by atoms with van der Waals surface area (Å²) in [6.45, 7) is 2.21. The van der Waals surface area contributed by atoms with Gasteiger partial charge in [0.15, 0.2) is 17.4 Å². The molecule has 0 aromatic carbocycles. The second-order valence-electron chi connectivity index (χ2n) is 3.40. The Hall–Kier alpha value is -2.11. The molecule has 2 N–H and O–H groups in total. The molecule has 84 valence electrons. The molecule has 0 bridgehead atoms. The number of anilines is 1. The number of nitrogen functional groups attached to an aromatic ring is 1. The van der Waals surface area contributed by atoms with E-state index in [4.69, 9.17) is 10.5 Å². The van der Waals surface area contributed by atoms with Gasteiger partial charge in [-0.25, -0.2) is 4.98 Å². The third-order valence-corrected chi connectivity index (χ3v) is 2.34. The Morgan fingerprint density at radius 1 is 1.44 bits per heavy atom. The fraction of sp³-hybridized carbons (Fsp3) is 0.300. The fourth-order valence-electron chi connectivity index (χ4n) is 1.24. The summed E-state index contributed by atoms with van der Waals surface area (Å²) in [5.74, 6) is 2.53. The van der Waals surface area contributed by atoms with Crippen LogP contribution >= 0.6 is 0 Å². The van der Waals surface area contributed by atoms with Crippen LogP contribution in [0, 0.1) is 6.92 Å². The second-order valence-corrected chi connectivity index (χ2v) is 3.40. The molecule has 2 heterocycles. The van der Waals surface area contributed by atoms with E-state index in [-0.39, 0.29) is 0 Å². The van der Waals surface area contributed by atoms with Crippen LogP contribution in [0.1, 0.15) is 11.6 Å². The third kappa shape index (κ3) is 1.95. The summed E-state index contributed by atoms with van der Waals surface area (Å²) in [6.07, 6.45) is 1.62. The lowest BCUT2D eigenvalue weighted by molar-refractivity contribution is 0.291. The Morgan fingerprint density at radius 3 is 2.88 bits per heavy atom. The third-order valence-electron chi connectivity index (χ3n) is 2.34. The molecule has 2 rings (SSSR count). The van der Waals surface area contributed by atoms with Crippen LogP contribution in [0.5, 0.6) is 5.75 Å². The molecular weight excluding hydrogens is 206 g/mol. The van der Waals surface area contributed by atoms with E-state index in [0.29, 0.717) is 18.2 Å². The molecule has 0 spiro atoms. The van der Waals surface area contributed by atoms with Crippen LogP contribution in [0.2, 0.25) is 0 Å². The van der Waals surface area contributed by atoms with E-state index < -0.39 is 0 Å². The molecule has 2 aromatic rings. The number of nitrogens with two attached hydrogens (primary N) is 1. The Kier molecular flexibility index (Phi) is 2.72. The maximum atomic E-state index is 5.65. The van der Waals surface area contributed by atoms with Gasteiger partial charge in [0.05, 0.1) is 0 Å². The number of aromatic nitrogens is 4. The lowest BCUT2D eigenvalue weighted by Crippen LogP contribution is -2.06. The Labute approximate surface area is 93.1 Å². The van der Waals surface area contributed by atoms with Gasteiger partial charge in [0.25, 0.3) is 0 Å². The Bertz CT molecular complexity index is 494. The van der Waals surface area contributed by atoms with E-state index in [1.807, 2.05) is 18.5 Å². The van der Waals surface area contributed by atoms with Crippen molar-refractivity contribution >= 4 is 5.82 Å². The molecule has 0 unspecified atom stereocenters. The van der Waals surface area contributed by atoms with Crippen molar-refractivity contribution in [1.82, 2.24) is 19.7 Å². The number of hydrogen-bond acceptors (Lipinski definition) is 5. The van der Waals surface area contributed by atoms with Crippen molar-refractivity contribution in [2.24, 2.45) is 7.05 Å². The number of aryl methyl sites for hydroxylation is 1. The predicted molar refractivity (Wildman–Crippen MR) is 58.7 cm³/mol. The van der Waals surface area contributed by atoms with Crippen molar-refractivity contribution in [3.05, 3.63) is 30.0 Å². The zero-order chi connectivity index (χ0) is 11.5. The van der Waals surface area contributed by atoms with Gasteiger partial charge in [0, 0.05) is 13.2 Å². The lowest BCUT2D eigenvalue weighted by atomic mass is 10.4. The van der Waals surface area contributed by atoms with Crippen LogP contribution in [0.25, 0.3) is 0 Å². The first-order valence-corrected chi connectivity index (χ1v) is 4.86. The number of nitrogens with zero attached hydrogens (tertiary/aromatic N) is 4. The van der Waals surface area contributed by atoms with Crippen molar-refractivity contribution in [3.63, 3.8) is 0 Å². The minimum atomic E-state index is 0.327. The normalized spacial score (nSPS) is 10.4. The molecule has 0 saturated heterocycles. The molecule has 0 aliphatic heterocycles. The molecule has 2 aromatic heterocycles. The van der Waals surface area contributed by atoms with Crippen LogP contribution in [-0.4, -0.2) is 19.7 Å². The van der Waals surface area contributed by atoms with E-state index >= 15 is 0 Å². The highest BCUT2D eigenvalue weighted by molar-refractivity contribution is 5.44. The molecule has 0 aliphatic rings. The van der Waals surface area contributed by atoms with Crippen molar-refractivity contribution < 1.29 is 4.74 Å². The van der Waals surface area contributed by atoms with Gasteiger partial charge in [0.2, 0.25) is 0 Å². The molecule has 6 nitrogen and oxygen atoms in total. The van der Waals surface area contributed by atoms with E-state index in [9.17, 15) is 0 Å². The van der Waals surface area contributed by atoms with Gasteiger partial charge in [-0.3, -0.25) is 0 Å². The summed E-state index contributed by atoms with van der Waals surface area (Å²) in [5.41, 5.74) is 5.65. The average molecular weight is 219 g/mol. The first-order chi connectivity index (χ1) is 7.68. The molecular formula is C10H13N5O. The molecule has 0 atom stereocenters. The minimum Gasteiger partial charge on any atom is -0.482 e. The van der Waals surface area contributed by atoms with Crippen molar-refractivity contribution in [2.75, 3.05) is 5.73 Å². The largest absolute Gasteiger partial charge is 0.482 e. The minimum absolute atomic E-state index is 0.327. The zero-order valence-corrected chi connectivity index (χ0v) is 9.21. The van der Waals surface area contributed by atoms with Gasteiger partial charge in [-0.05, 0) is 19.1 Å². The monoisotopic (exact) mass is 219 g/mol. The molecule has 0 saturated carbocycles. The molecule has 0 radical (unpaired) electrons. The number of rotatable bonds is 3. The van der Waals surface area contributed by atoms with Gasteiger partial charge in [-0.15, -0.1) is 10.2 Å². The smallest absolute Gasteiger partial charge is 0.170 e. The molecule has 0 aliphatic carbocycles. The van der Waals surface area contributed by atoms with Crippen LogP contribution in [0.15, 0.2) is 18.3 Å². The van der Waals surface area contributed by atoms with E-state index in [0.717, 1.165) is 11.6 Å². The molecule has 16 heavy (non-hydrogen) atoms. The van der Waals surface area contributed by atoms with Gasteiger partial charge in [-0.1, -0.05) is 0 Å². The summed E-state index contributed by atoms with van der Waals surface area (Å²) >= 11 is 0. The number of pyridine rings is 1. The maximum absolute atomic E-state index is 5.65. The van der Waals surface area contributed by atoms with E-state index in [2.05, 4.69) is 15.2 Å². The number of hydrogen-bond donors (Lipinski definition) is 1. The summed E-state index contributed by atoms with van der Waals surface area (Å²) < 4.78 is 7.37. The highest BCUT2D eigenvalue weighted by Crippen LogP contribution is 2.17. The predicted octanol–water partition coefficient (Wildman–Crippen LogP) is 0.680. The summed E-state index contributed by atoms with van der Waals surface area (Å²) in [6, 6.07) is 3.54. The zero-order valence-electron chi connectivity index (χ0n) is 9.21. The van der Waals surface area contributed by atoms with Gasteiger partial charge in [-0.2, -0.15) is 0 Å². The van der Waals surface area contributed by atoms with Crippen LogP contribution in [-0.2, 0) is 13.7 Å². The quantitative estimate of drug-likeness (QED) is 0.821. The van der Waals surface area contributed by atoms with Gasteiger partial charge >= 0.3 is 0 Å². The van der Waals surface area contributed by atoms with Crippen molar-refractivity contribution in [2.45, 2.75) is 13.5 Å². The summed E-state index contributed by atoms with van der Waals surface area (Å²) in [7, 11) is 1.89. The maximum Gasteiger partial charge on any atom is 0.170 e. The van der Waals surface area contributed by atoms with Gasteiger partial charge < -0.3 is 15.0 Å². The van der Waals surface area contributed by atoms with Crippen molar-refractivity contribution in [1.29, 1.82) is 0 Å². The highest BCUT2D eigenvalue weighted by atomic mass is 16.5. The lowest BCUT2D eigenvalue weighted by Gasteiger charge is -2.07. The first-order valence-electron chi connectivity index (χ1n) is 4.86. The van der Waals surface area contributed by atoms with Gasteiger partial charge in [0.1, 0.15) is 12.4 Å². The van der Waals surface area contributed by atoms with Crippen LogP contribution in [0.3, 0.4) is 0 Å². The standard InChI is InChI=1S/C10H13N5O/c1-7-13-14-9(15(7)2)6-16-8-4-3-5-12-10(8)11/h3-5H,6H2,1-2H3,(H2,11,12). The summed E-state index contributed by atoms with van der Waals surface area (Å²) in [4.78, 5) is 3.93. The summed E-state index contributed by atoms with van der Waals surface area (Å²) in [5, 5.41) is 7.92. The average Bonchev–Trinajstić information content (AvgIpc) is 2.59. The molecule has 6 heteroatoms. The second kappa shape index (κ2) is 4.18. The molecule has 0 fully saturated rings. The fourth-order valence-corrected chi connectivity index (χ4v) is 1.24. The van der Waals surface area contributed by atoms with E-state index in [1.165, 1.54) is 0 Å². The first kappa shape index (κ1) is 10.4. The Morgan fingerprint density at radius 2 is 2.25 bits per heavy atom. The van der Waals surface area contributed by atoms with Crippen molar-refractivity contribution in [3.8, 4) is 5.75 Å². The SMILES string of the molecule is Cc1nnc(COc2cccnc2N)n1C. The van der Waals surface area contributed by atoms with E-state index in [1.54, 1.807) is 18.3 Å². The van der Waals surface area contributed by atoms with Crippen LogP contribution in [0.4, 0.5) is 5.82 Å². The van der Waals surface area contributed by atoms with Crippen LogP contribution < -0.4 is 10.5 Å². The Balaban J connectivity index is 2.08. The number of ether oxygens (including phenoxy) is 1. The molecule has 0 amide bonds. The topological polar surface area (TPSA) is 78.8 Å². The highest BCUT2D eigenvalue weighted by Gasteiger charge is 2.06.